The van der Waals surface area contributed by atoms with Crippen molar-refractivity contribution in [3.63, 3.8) is 0 Å². The lowest BCUT2D eigenvalue weighted by Gasteiger charge is -2.27. The molecule has 1 aliphatic rings. The maximum absolute atomic E-state index is 13.0. The number of carbonyl (C=O) groups excluding carboxylic acids is 2. The Hall–Kier alpha value is -2.09. The number of benzene rings is 1. The van der Waals surface area contributed by atoms with Crippen LogP contribution in [0.4, 0.5) is 18.9 Å². The zero-order valence-corrected chi connectivity index (χ0v) is 13.2. The van der Waals surface area contributed by atoms with Crippen LogP contribution in [0.5, 0.6) is 0 Å². The lowest BCUT2D eigenvalue weighted by Crippen LogP contribution is -2.40. The van der Waals surface area contributed by atoms with Gasteiger partial charge in [-0.1, -0.05) is 0 Å². The quantitative estimate of drug-likeness (QED) is 0.789. The highest BCUT2D eigenvalue weighted by molar-refractivity contribution is 5.97. The van der Waals surface area contributed by atoms with Gasteiger partial charge in [0.05, 0.1) is 5.56 Å². The Morgan fingerprint density at radius 3 is 2.29 bits per heavy atom. The number of nitrogens with one attached hydrogen (secondary N) is 2. The van der Waals surface area contributed by atoms with Crippen LogP contribution in [-0.4, -0.2) is 23.9 Å². The van der Waals surface area contributed by atoms with Crippen LogP contribution in [0, 0.1) is 0 Å². The van der Waals surface area contributed by atoms with Crippen molar-refractivity contribution in [2.24, 2.45) is 5.73 Å². The molecule has 0 aromatic heterocycles. The molecule has 1 aromatic carbocycles. The Labute approximate surface area is 137 Å². The minimum atomic E-state index is -4.61. The molecule has 4 N–H and O–H groups in total. The molecule has 8 heteroatoms. The molecule has 5 nitrogen and oxygen atoms in total. The topological polar surface area (TPSA) is 84.2 Å². The Balaban J connectivity index is 2.20. The van der Waals surface area contributed by atoms with Gasteiger partial charge in [-0.2, -0.15) is 13.2 Å². The van der Waals surface area contributed by atoms with Crippen LogP contribution < -0.4 is 16.4 Å². The van der Waals surface area contributed by atoms with Crippen LogP contribution in [0.3, 0.4) is 0 Å². The Bertz CT molecular complexity index is 623. The largest absolute Gasteiger partial charge is 0.416 e. The van der Waals surface area contributed by atoms with E-state index in [2.05, 4.69) is 10.6 Å². The maximum Gasteiger partial charge on any atom is 0.416 e. The molecule has 0 saturated heterocycles. The molecule has 24 heavy (non-hydrogen) atoms. The van der Waals surface area contributed by atoms with Crippen molar-refractivity contribution < 1.29 is 22.8 Å². The summed E-state index contributed by atoms with van der Waals surface area (Å²) < 4.78 is 39.0. The first-order valence-electron chi connectivity index (χ1n) is 7.71. The number of alkyl halides is 3. The van der Waals surface area contributed by atoms with E-state index in [9.17, 15) is 22.8 Å². The van der Waals surface area contributed by atoms with Gasteiger partial charge in [0, 0.05) is 30.3 Å². The van der Waals surface area contributed by atoms with Gasteiger partial charge in [0.15, 0.2) is 0 Å². The smallest absolute Gasteiger partial charge is 0.349 e. The minimum Gasteiger partial charge on any atom is -0.349 e. The molecule has 0 heterocycles. The van der Waals surface area contributed by atoms with Gasteiger partial charge in [-0.05, 0) is 43.9 Å². The van der Waals surface area contributed by atoms with Crippen molar-refractivity contribution in [3.05, 3.63) is 29.3 Å². The molecule has 0 atom stereocenters. The first-order valence-corrected chi connectivity index (χ1v) is 7.71. The number of rotatable bonds is 3. The second kappa shape index (κ2) is 7.21. The average Bonchev–Trinajstić information content (AvgIpc) is 2.47. The standard InChI is InChI=1S/C16H20F3N3O2/c1-9(23)21-14-7-10(6-11(8-14)16(17,18)19)15(24)22-13-4-2-12(20)3-5-13/h6-8,12-13H,2-5,20H2,1H3,(H,21,23)(H,22,24). The van der Waals surface area contributed by atoms with Crippen LogP contribution in [0.15, 0.2) is 18.2 Å². The molecule has 132 valence electrons. The molecule has 2 amide bonds. The van der Waals surface area contributed by atoms with Crippen molar-refractivity contribution in [2.75, 3.05) is 5.32 Å². The van der Waals surface area contributed by atoms with Crippen molar-refractivity contribution in [1.29, 1.82) is 0 Å². The predicted molar refractivity (Wildman–Crippen MR) is 83.4 cm³/mol. The summed E-state index contributed by atoms with van der Waals surface area (Å²) in [6.45, 7) is 1.19. The van der Waals surface area contributed by atoms with Crippen molar-refractivity contribution >= 4 is 17.5 Å². The second-order valence-electron chi connectivity index (χ2n) is 6.06. The number of hydrogen-bond donors (Lipinski definition) is 3. The van der Waals surface area contributed by atoms with E-state index in [1.54, 1.807) is 0 Å². The van der Waals surface area contributed by atoms with Crippen LogP contribution in [-0.2, 0) is 11.0 Å². The van der Waals surface area contributed by atoms with E-state index in [1.807, 2.05) is 0 Å². The lowest BCUT2D eigenvalue weighted by atomic mass is 9.91. The van der Waals surface area contributed by atoms with Crippen molar-refractivity contribution in [1.82, 2.24) is 5.32 Å². The summed E-state index contributed by atoms with van der Waals surface area (Å²) in [5.74, 6) is -1.10. The summed E-state index contributed by atoms with van der Waals surface area (Å²) in [7, 11) is 0. The SMILES string of the molecule is CC(=O)Nc1cc(C(=O)NC2CCC(N)CC2)cc(C(F)(F)F)c1. The summed E-state index contributed by atoms with van der Waals surface area (Å²) in [5.41, 5.74) is 4.62. The molecule has 1 aliphatic carbocycles. The third-order valence-electron chi connectivity index (χ3n) is 3.95. The molecule has 1 aromatic rings. The van der Waals surface area contributed by atoms with Gasteiger partial charge in [0.1, 0.15) is 0 Å². The fourth-order valence-electron chi connectivity index (χ4n) is 2.73. The lowest BCUT2D eigenvalue weighted by molar-refractivity contribution is -0.137. The predicted octanol–water partition coefficient (Wildman–Crippen LogP) is 2.66. The Kier molecular flexibility index (Phi) is 5.48. The number of carbonyl (C=O) groups is 2. The van der Waals surface area contributed by atoms with Gasteiger partial charge in [-0.25, -0.2) is 0 Å². The highest BCUT2D eigenvalue weighted by atomic mass is 19.4. The molecule has 0 aliphatic heterocycles. The van der Waals surface area contributed by atoms with E-state index >= 15 is 0 Å². The summed E-state index contributed by atoms with van der Waals surface area (Å²) in [4.78, 5) is 23.4. The zero-order valence-electron chi connectivity index (χ0n) is 13.2. The van der Waals surface area contributed by atoms with Gasteiger partial charge >= 0.3 is 6.18 Å². The number of halogens is 3. The van der Waals surface area contributed by atoms with Crippen LogP contribution in [0.2, 0.25) is 0 Å². The molecule has 0 spiro atoms. The zero-order chi connectivity index (χ0) is 17.9. The van der Waals surface area contributed by atoms with Gasteiger partial charge in [0.2, 0.25) is 5.91 Å². The maximum atomic E-state index is 13.0. The fraction of sp³-hybridized carbons (Fsp3) is 0.500. The number of amides is 2. The monoisotopic (exact) mass is 343 g/mol. The molecule has 1 saturated carbocycles. The van der Waals surface area contributed by atoms with Gasteiger partial charge in [0.25, 0.3) is 5.91 Å². The van der Waals surface area contributed by atoms with E-state index in [1.165, 1.54) is 13.0 Å². The van der Waals surface area contributed by atoms with Gasteiger partial charge in [-0.15, -0.1) is 0 Å². The molecule has 0 radical (unpaired) electrons. The molecule has 2 rings (SSSR count). The number of nitrogens with two attached hydrogens (primary N) is 1. The normalized spacial score (nSPS) is 21.2. The van der Waals surface area contributed by atoms with Gasteiger partial charge < -0.3 is 16.4 Å². The Morgan fingerprint density at radius 1 is 1.12 bits per heavy atom. The van der Waals surface area contributed by atoms with Crippen LogP contribution in [0.1, 0.15) is 48.5 Å². The minimum absolute atomic E-state index is 0.0619. The molecule has 1 fully saturated rings. The average molecular weight is 343 g/mol. The van der Waals surface area contributed by atoms with Crippen LogP contribution >= 0.6 is 0 Å². The van der Waals surface area contributed by atoms with Crippen molar-refractivity contribution in [3.8, 4) is 0 Å². The first kappa shape index (κ1) is 18.3. The van der Waals surface area contributed by atoms with E-state index in [0.29, 0.717) is 12.8 Å². The summed E-state index contributed by atoms with van der Waals surface area (Å²) in [5, 5.41) is 5.03. The second-order valence-corrected chi connectivity index (χ2v) is 6.06. The van der Waals surface area contributed by atoms with Crippen LogP contribution in [0.25, 0.3) is 0 Å². The van der Waals surface area contributed by atoms with E-state index in [0.717, 1.165) is 25.0 Å². The van der Waals surface area contributed by atoms with E-state index < -0.39 is 23.6 Å². The summed E-state index contributed by atoms with van der Waals surface area (Å²) in [6, 6.07) is 2.84. The Morgan fingerprint density at radius 2 is 1.75 bits per heavy atom. The molecular formula is C16H20F3N3O2. The van der Waals surface area contributed by atoms with Gasteiger partial charge in [-0.3, -0.25) is 9.59 Å². The van der Waals surface area contributed by atoms with E-state index in [4.69, 9.17) is 5.73 Å². The van der Waals surface area contributed by atoms with Crippen molar-refractivity contribution in [2.45, 2.75) is 50.9 Å². The molecule has 0 bridgehead atoms. The number of anilines is 1. The number of hydrogen-bond acceptors (Lipinski definition) is 3. The van der Waals surface area contributed by atoms with E-state index in [-0.39, 0.29) is 23.3 Å². The highest BCUT2D eigenvalue weighted by Crippen LogP contribution is 2.32. The third-order valence-corrected chi connectivity index (χ3v) is 3.95. The molecule has 0 unspecified atom stereocenters. The third kappa shape index (κ3) is 4.95. The highest BCUT2D eigenvalue weighted by Gasteiger charge is 2.32. The molecular weight excluding hydrogens is 323 g/mol. The fourth-order valence-corrected chi connectivity index (χ4v) is 2.73. The summed E-state index contributed by atoms with van der Waals surface area (Å²) >= 11 is 0. The first-order chi connectivity index (χ1) is 11.1. The summed E-state index contributed by atoms with van der Waals surface area (Å²) in [6.07, 6.45) is -1.68.